The minimum absolute atomic E-state index is 0.296. The second kappa shape index (κ2) is 2.69. The number of hydrogen-bond acceptors (Lipinski definition) is 2. The minimum atomic E-state index is -0.449. The van der Waals surface area contributed by atoms with E-state index in [9.17, 15) is 9.18 Å². The topological polar surface area (TPSA) is 30.2 Å². The van der Waals surface area contributed by atoms with Crippen molar-refractivity contribution in [2.24, 2.45) is 0 Å². The van der Waals surface area contributed by atoms with Crippen molar-refractivity contribution in [1.29, 1.82) is 0 Å². The van der Waals surface area contributed by atoms with Crippen LogP contribution in [-0.4, -0.2) is 0 Å². The predicted molar refractivity (Wildman–Crippen MR) is 47.2 cm³/mol. The second-order valence-electron chi connectivity index (χ2n) is 2.89. The molecule has 66 valence electrons. The Morgan fingerprint density at radius 2 is 2.08 bits per heavy atom. The molecule has 1 aromatic carbocycles. The van der Waals surface area contributed by atoms with E-state index in [4.69, 9.17) is 4.42 Å². The fourth-order valence-corrected chi connectivity index (χ4v) is 1.30. The molecule has 13 heavy (non-hydrogen) atoms. The molecule has 2 aromatic rings. The number of aryl methyl sites for hydroxylation is 1. The summed E-state index contributed by atoms with van der Waals surface area (Å²) >= 11 is 0. The van der Waals surface area contributed by atoms with Crippen molar-refractivity contribution in [1.82, 2.24) is 0 Å². The van der Waals surface area contributed by atoms with Crippen LogP contribution >= 0.6 is 0 Å². The molecule has 2 nitrogen and oxygen atoms in total. The van der Waals surface area contributed by atoms with Crippen LogP contribution in [0.1, 0.15) is 5.56 Å². The summed E-state index contributed by atoms with van der Waals surface area (Å²) < 4.78 is 17.6. The Bertz CT molecular complexity index is 514. The maximum Gasteiger partial charge on any atom is 0.336 e. The molecular weight excluding hydrogens is 171 g/mol. The summed E-state index contributed by atoms with van der Waals surface area (Å²) in [6, 6.07) is 5.54. The van der Waals surface area contributed by atoms with Crippen LogP contribution in [0.2, 0.25) is 0 Å². The van der Waals surface area contributed by atoms with Crippen molar-refractivity contribution in [2.45, 2.75) is 6.92 Å². The molecule has 2 rings (SSSR count). The predicted octanol–water partition coefficient (Wildman–Crippen LogP) is 2.24. The second-order valence-corrected chi connectivity index (χ2v) is 2.89. The molecular formula is C10H7FO2. The number of hydrogen-bond donors (Lipinski definition) is 0. The smallest absolute Gasteiger partial charge is 0.336 e. The molecule has 0 N–H and O–H groups in total. The summed E-state index contributed by atoms with van der Waals surface area (Å²) in [6.07, 6.45) is 0. The van der Waals surface area contributed by atoms with Gasteiger partial charge in [0.25, 0.3) is 0 Å². The van der Waals surface area contributed by atoms with E-state index in [0.29, 0.717) is 5.58 Å². The first kappa shape index (κ1) is 7.98. The van der Waals surface area contributed by atoms with Crippen molar-refractivity contribution in [2.75, 3.05) is 0 Å². The summed E-state index contributed by atoms with van der Waals surface area (Å²) in [6.45, 7) is 1.79. The van der Waals surface area contributed by atoms with Crippen LogP contribution in [0.5, 0.6) is 0 Å². The first-order valence-electron chi connectivity index (χ1n) is 3.87. The van der Waals surface area contributed by atoms with Crippen molar-refractivity contribution in [3.8, 4) is 0 Å². The lowest BCUT2D eigenvalue weighted by Crippen LogP contribution is -1.97. The zero-order valence-corrected chi connectivity index (χ0v) is 7.00. The molecule has 3 heteroatoms. The number of benzene rings is 1. The van der Waals surface area contributed by atoms with Crippen molar-refractivity contribution in [3.05, 3.63) is 46.1 Å². The molecule has 0 spiro atoms. The third kappa shape index (κ3) is 1.33. The molecule has 0 amide bonds. The van der Waals surface area contributed by atoms with E-state index in [0.717, 1.165) is 10.9 Å². The molecule has 1 aromatic heterocycles. The third-order valence-corrected chi connectivity index (χ3v) is 1.91. The quantitative estimate of drug-likeness (QED) is 0.579. The van der Waals surface area contributed by atoms with Crippen LogP contribution < -0.4 is 5.63 Å². The molecule has 0 aliphatic carbocycles. The van der Waals surface area contributed by atoms with Gasteiger partial charge in [0, 0.05) is 17.5 Å². The van der Waals surface area contributed by atoms with E-state index >= 15 is 0 Å². The molecule has 0 aliphatic rings. The summed E-state index contributed by atoms with van der Waals surface area (Å²) in [5.41, 5.74) is 0.645. The van der Waals surface area contributed by atoms with Gasteiger partial charge < -0.3 is 4.42 Å². The molecule has 0 saturated heterocycles. The zero-order valence-electron chi connectivity index (χ0n) is 7.00. The summed E-state index contributed by atoms with van der Waals surface area (Å²) in [7, 11) is 0. The SMILES string of the molecule is Cc1cc(=O)oc2cc(F)ccc12. The zero-order chi connectivity index (χ0) is 9.42. The Labute approximate surface area is 73.6 Å². The van der Waals surface area contributed by atoms with Crippen LogP contribution in [-0.2, 0) is 0 Å². The Balaban J connectivity index is 2.94. The summed E-state index contributed by atoms with van der Waals surface area (Å²) in [5.74, 6) is -0.402. The van der Waals surface area contributed by atoms with Gasteiger partial charge in [0.05, 0.1) is 0 Å². The molecule has 0 saturated carbocycles. The monoisotopic (exact) mass is 178 g/mol. The normalized spacial score (nSPS) is 10.6. The minimum Gasteiger partial charge on any atom is -0.423 e. The average molecular weight is 178 g/mol. The first-order valence-corrected chi connectivity index (χ1v) is 3.87. The number of rotatable bonds is 0. The van der Waals surface area contributed by atoms with Crippen LogP contribution in [0, 0.1) is 12.7 Å². The number of halogens is 1. The van der Waals surface area contributed by atoms with Crippen LogP contribution in [0.3, 0.4) is 0 Å². The van der Waals surface area contributed by atoms with E-state index in [-0.39, 0.29) is 0 Å². The van der Waals surface area contributed by atoms with E-state index in [2.05, 4.69) is 0 Å². The lowest BCUT2D eigenvalue weighted by atomic mass is 10.1. The van der Waals surface area contributed by atoms with E-state index < -0.39 is 11.4 Å². The Morgan fingerprint density at radius 3 is 2.85 bits per heavy atom. The lowest BCUT2D eigenvalue weighted by Gasteiger charge is -1.98. The van der Waals surface area contributed by atoms with Gasteiger partial charge >= 0.3 is 5.63 Å². The highest BCUT2D eigenvalue weighted by Crippen LogP contribution is 2.16. The molecule has 0 atom stereocenters. The van der Waals surface area contributed by atoms with Gasteiger partial charge in [0.2, 0.25) is 0 Å². The Morgan fingerprint density at radius 1 is 1.31 bits per heavy atom. The molecule has 0 fully saturated rings. The number of fused-ring (bicyclic) bond motifs is 1. The van der Waals surface area contributed by atoms with Crippen molar-refractivity contribution >= 4 is 11.0 Å². The maximum atomic E-state index is 12.7. The van der Waals surface area contributed by atoms with Gasteiger partial charge in [0.15, 0.2) is 0 Å². The van der Waals surface area contributed by atoms with Crippen LogP contribution in [0.25, 0.3) is 11.0 Å². The fourth-order valence-electron chi connectivity index (χ4n) is 1.30. The highest BCUT2D eigenvalue weighted by Gasteiger charge is 2.02. The fraction of sp³-hybridized carbons (Fsp3) is 0.100. The van der Waals surface area contributed by atoms with Gasteiger partial charge in [-0.05, 0) is 24.6 Å². The summed E-state index contributed by atoms with van der Waals surface area (Å²) in [5, 5.41) is 0.765. The van der Waals surface area contributed by atoms with Gasteiger partial charge in [-0.25, -0.2) is 9.18 Å². The first-order chi connectivity index (χ1) is 6.16. The van der Waals surface area contributed by atoms with Gasteiger partial charge in [-0.15, -0.1) is 0 Å². The Hall–Kier alpha value is -1.64. The largest absolute Gasteiger partial charge is 0.423 e. The lowest BCUT2D eigenvalue weighted by molar-refractivity contribution is 0.553. The highest BCUT2D eigenvalue weighted by atomic mass is 19.1. The Kier molecular flexibility index (Phi) is 1.65. The van der Waals surface area contributed by atoms with Gasteiger partial charge in [-0.2, -0.15) is 0 Å². The molecule has 0 unspecified atom stereocenters. The standard InChI is InChI=1S/C10H7FO2/c1-6-4-10(12)13-9-5-7(11)2-3-8(6)9/h2-5H,1H3. The van der Waals surface area contributed by atoms with Crippen molar-refractivity contribution in [3.63, 3.8) is 0 Å². The molecule has 0 radical (unpaired) electrons. The average Bonchev–Trinajstić information content (AvgIpc) is 2.02. The van der Waals surface area contributed by atoms with Crippen LogP contribution in [0.4, 0.5) is 4.39 Å². The van der Waals surface area contributed by atoms with E-state index in [1.54, 1.807) is 13.0 Å². The van der Waals surface area contributed by atoms with Gasteiger partial charge in [-0.1, -0.05) is 0 Å². The van der Waals surface area contributed by atoms with Gasteiger partial charge in [0.1, 0.15) is 11.4 Å². The summed E-state index contributed by atoms with van der Waals surface area (Å²) in [4.78, 5) is 10.9. The van der Waals surface area contributed by atoms with E-state index in [1.807, 2.05) is 0 Å². The van der Waals surface area contributed by atoms with Crippen molar-refractivity contribution < 1.29 is 8.81 Å². The third-order valence-electron chi connectivity index (χ3n) is 1.91. The van der Waals surface area contributed by atoms with E-state index in [1.165, 1.54) is 18.2 Å². The molecule has 0 bridgehead atoms. The molecule has 0 aliphatic heterocycles. The highest BCUT2D eigenvalue weighted by molar-refractivity contribution is 5.79. The molecule has 1 heterocycles. The maximum absolute atomic E-state index is 12.7. The van der Waals surface area contributed by atoms with Gasteiger partial charge in [-0.3, -0.25) is 0 Å². The van der Waals surface area contributed by atoms with Crippen LogP contribution in [0.15, 0.2) is 33.5 Å².